The molecule has 0 fully saturated rings. The van der Waals surface area contributed by atoms with Gasteiger partial charge >= 0.3 is 18.3 Å². The summed E-state index contributed by atoms with van der Waals surface area (Å²) in [5.41, 5.74) is 0.0242. The van der Waals surface area contributed by atoms with E-state index in [9.17, 15) is 26.7 Å². The van der Waals surface area contributed by atoms with E-state index in [0.29, 0.717) is 0 Å². The van der Waals surface area contributed by atoms with Crippen LogP contribution in [-0.4, -0.2) is 47.4 Å². The highest BCUT2D eigenvalue weighted by Crippen LogP contribution is 2.51. The van der Waals surface area contributed by atoms with Gasteiger partial charge in [0.1, 0.15) is 17.3 Å². The Morgan fingerprint density at radius 3 is 2.41 bits per heavy atom. The maximum Gasteiger partial charge on any atom is 0.340 e. The number of carbonyl (C=O) groups is 1. The summed E-state index contributed by atoms with van der Waals surface area (Å²) in [6.45, 7) is 1.52. The first-order valence-corrected chi connectivity index (χ1v) is 10.3. The molecular weight excluding hydrogens is 537 g/mol. The minimum atomic E-state index is -4.38. The van der Waals surface area contributed by atoms with Crippen LogP contribution in [0.2, 0.25) is 0 Å². The number of hydrogen-bond donors (Lipinski definition) is 2. The van der Waals surface area contributed by atoms with E-state index in [4.69, 9.17) is 10.5 Å². The van der Waals surface area contributed by atoms with E-state index in [1.54, 1.807) is 0 Å². The third kappa shape index (κ3) is 5.68. The molecule has 1 atom stereocenters. The maximum atomic E-state index is 15.3. The van der Waals surface area contributed by atoms with Crippen LogP contribution in [0.5, 0.6) is 5.75 Å². The summed E-state index contributed by atoms with van der Waals surface area (Å²) in [4.78, 5) is 19.9. The number of carbonyl (C=O) groups excluding carboxylic acids is 1. The molecule has 204 valence electrons. The number of anilines is 1. The van der Waals surface area contributed by atoms with Crippen molar-refractivity contribution in [3.63, 3.8) is 0 Å². The quantitative estimate of drug-likeness (QED) is 0.458. The van der Waals surface area contributed by atoms with Gasteiger partial charge in [0.25, 0.3) is 11.9 Å². The summed E-state index contributed by atoms with van der Waals surface area (Å²) in [5.74, 6) is -10.3. The van der Waals surface area contributed by atoms with E-state index in [-0.39, 0.29) is 29.5 Å². The first-order valence-electron chi connectivity index (χ1n) is 10.3. The lowest BCUT2D eigenvalue weighted by atomic mass is 9.77. The third-order valence-corrected chi connectivity index (χ3v) is 5.53. The van der Waals surface area contributed by atoms with Crippen LogP contribution < -0.4 is 15.8 Å². The van der Waals surface area contributed by atoms with Gasteiger partial charge in [-0.05, 0) is 51.1 Å². The Hall–Kier alpha value is -3.29. The predicted octanol–water partition coefficient (Wildman–Crippen LogP) is 5.15. The van der Waals surface area contributed by atoms with Crippen LogP contribution >= 0.6 is 12.4 Å². The Morgan fingerprint density at radius 2 is 1.84 bits per heavy atom. The Bertz CT molecular complexity index is 1180. The molecule has 2 aromatic rings. The number of nitrogens with two attached hydrogens (primary N) is 1. The Morgan fingerprint density at radius 1 is 1.19 bits per heavy atom. The third-order valence-electron chi connectivity index (χ3n) is 5.53. The van der Waals surface area contributed by atoms with Crippen LogP contribution in [0.3, 0.4) is 0 Å². The zero-order valence-corrected chi connectivity index (χ0v) is 20.3. The van der Waals surface area contributed by atoms with Crippen LogP contribution in [0.1, 0.15) is 36.8 Å². The largest absolute Gasteiger partial charge is 0.485 e. The van der Waals surface area contributed by atoms with Gasteiger partial charge in [-0.25, -0.2) is 23.1 Å². The first-order chi connectivity index (χ1) is 16.5. The van der Waals surface area contributed by atoms with Crippen LogP contribution in [0.4, 0.5) is 36.4 Å². The van der Waals surface area contributed by atoms with E-state index < -0.39 is 59.3 Å². The molecule has 1 aliphatic rings. The van der Waals surface area contributed by atoms with Gasteiger partial charge < -0.3 is 20.5 Å². The number of nitrogens with one attached hydrogen (secondary N) is 1. The molecule has 1 amide bonds. The second-order valence-electron chi connectivity index (χ2n) is 8.59. The summed E-state index contributed by atoms with van der Waals surface area (Å²) in [7, 11) is 0. The molecule has 0 radical (unpaired) electrons. The van der Waals surface area contributed by atoms with Crippen molar-refractivity contribution in [3.8, 4) is 5.75 Å². The predicted molar refractivity (Wildman–Crippen MR) is 121 cm³/mol. The monoisotopic (exact) mass is 558 g/mol. The lowest BCUT2D eigenvalue weighted by molar-refractivity contribution is -0.207. The van der Waals surface area contributed by atoms with Crippen LogP contribution in [0, 0.1) is 5.82 Å². The molecule has 0 saturated carbocycles. The van der Waals surface area contributed by atoms with Crippen LogP contribution in [-0.2, 0) is 10.3 Å². The minimum absolute atomic E-state index is 0. The van der Waals surface area contributed by atoms with Crippen molar-refractivity contribution < 1.29 is 45.0 Å². The molecule has 0 aliphatic carbocycles. The standard InChI is InChI=1S/C22H21F7N4O3.ClH/c1-19(2)22(28,29)20(3,33-18(30)36-19)13-8-11(4-6-14(13)23)32-16(34)15-7-5-12(9-31-15)35-10-21(26,27)17(24)25;/h4-9,17H,10H2,1-3H3,(H2,30,33)(H,32,34);1H/t20-;/m1./s1. The van der Waals surface area contributed by atoms with Crippen LogP contribution in [0.25, 0.3) is 0 Å². The first kappa shape index (κ1) is 29.9. The van der Waals surface area contributed by atoms with E-state index in [1.165, 1.54) is 0 Å². The van der Waals surface area contributed by atoms with Crippen molar-refractivity contribution >= 4 is 30.0 Å². The normalized spacial score (nSPS) is 20.4. The van der Waals surface area contributed by atoms with Crippen molar-refractivity contribution in [2.75, 3.05) is 11.9 Å². The molecule has 1 aromatic heterocycles. The molecule has 1 aromatic carbocycles. The number of aromatic nitrogens is 1. The Kier molecular flexibility index (Phi) is 8.27. The number of amidine groups is 1. The number of ether oxygens (including phenoxy) is 2. The van der Waals surface area contributed by atoms with Crippen LogP contribution in [0.15, 0.2) is 41.5 Å². The van der Waals surface area contributed by atoms with Gasteiger partial charge in [0.15, 0.2) is 17.7 Å². The minimum Gasteiger partial charge on any atom is -0.485 e. The maximum absolute atomic E-state index is 15.3. The molecule has 7 nitrogen and oxygen atoms in total. The highest BCUT2D eigenvalue weighted by molar-refractivity contribution is 6.02. The lowest BCUT2D eigenvalue weighted by Gasteiger charge is -2.46. The number of benzene rings is 1. The molecular formula is C22H22ClF7N4O3. The highest BCUT2D eigenvalue weighted by Gasteiger charge is 2.66. The lowest BCUT2D eigenvalue weighted by Crippen LogP contribution is -2.62. The second kappa shape index (κ2) is 10.2. The number of halogens is 8. The van der Waals surface area contributed by atoms with Crippen molar-refractivity contribution in [1.29, 1.82) is 0 Å². The zero-order valence-electron chi connectivity index (χ0n) is 19.5. The summed E-state index contributed by atoms with van der Waals surface area (Å²) in [5, 5.41) is 2.35. The molecule has 0 spiro atoms. The molecule has 0 bridgehead atoms. The number of hydrogen-bond acceptors (Lipinski definition) is 6. The van der Waals surface area contributed by atoms with Crippen molar-refractivity contribution in [2.24, 2.45) is 10.7 Å². The molecule has 1 aliphatic heterocycles. The van der Waals surface area contributed by atoms with Crippen molar-refractivity contribution in [2.45, 2.75) is 50.2 Å². The number of aliphatic imine (C=N–C) groups is 1. The average Bonchev–Trinajstić information content (AvgIpc) is 2.77. The van der Waals surface area contributed by atoms with Crippen molar-refractivity contribution in [3.05, 3.63) is 53.6 Å². The fourth-order valence-electron chi connectivity index (χ4n) is 3.47. The van der Waals surface area contributed by atoms with Crippen molar-refractivity contribution in [1.82, 2.24) is 4.98 Å². The zero-order chi connectivity index (χ0) is 27.1. The van der Waals surface area contributed by atoms with E-state index in [2.05, 4.69) is 20.0 Å². The number of rotatable bonds is 7. The summed E-state index contributed by atoms with van der Waals surface area (Å²) >= 11 is 0. The number of amides is 1. The summed E-state index contributed by atoms with van der Waals surface area (Å²) in [6.07, 6.45) is -3.07. The van der Waals surface area contributed by atoms with Gasteiger partial charge in [-0.2, -0.15) is 17.6 Å². The summed E-state index contributed by atoms with van der Waals surface area (Å²) < 4.78 is 105. The van der Waals surface area contributed by atoms with Gasteiger partial charge in [0, 0.05) is 11.3 Å². The number of alkyl halides is 6. The van der Waals surface area contributed by atoms with Gasteiger partial charge in [-0.15, -0.1) is 12.4 Å². The Labute approximate surface area is 212 Å². The van der Waals surface area contributed by atoms with Gasteiger partial charge in [-0.3, -0.25) is 4.79 Å². The molecule has 2 heterocycles. The average molecular weight is 559 g/mol. The SMILES string of the molecule is CC1(C)OC(N)=N[C@](C)(c2cc(NC(=O)c3ccc(OCC(F)(F)C(F)F)cn3)ccc2F)C1(F)F.Cl. The molecule has 3 N–H and O–H groups in total. The topological polar surface area (TPSA) is 98.8 Å². The van der Waals surface area contributed by atoms with Gasteiger partial charge in [0.05, 0.1) is 6.20 Å². The van der Waals surface area contributed by atoms with E-state index >= 15 is 8.78 Å². The second-order valence-corrected chi connectivity index (χ2v) is 8.59. The fraction of sp³-hybridized carbons (Fsp3) is 0.409. The fourth-order valence-corrected chi connectivity index (χ4v) is 3.47. The van der Waals surface area contributed by atoms with E-state index in [1.807, 2.05) is 0 Å². The highest BCUT2D eigenvalue weighted by atomic mass is 35.5. The smallest absolute Gasteiger partial charge is 0.340 e. The van der Waals surface area contributed by atoms with E-state index in [0.717, 1.165) is 57.3 Å². The molecule has 15 heteroatoms. The van der Waals surface area contributed by atoms with Gasteiger partial charge in [0.2, 0.25) is 0 Å². The molecule has 0 unspecified atom stereocenters. The molecule has 0 saturated heterocycles. The molecule has 37 heavy (non-hydrogen) atoms. The number of pyridine rings is 1. The van der Waals surface area contributed by atoms with Gasteiger partial charge in [-0.1, -0.05) is 0 Å². The number of nitrogens with zero attached hydrogens (tertiary/aromatic N) is 2. The summed E-state index contributed by atoms with van der Waals surface area (Å²) in [6, 6.07) is 4.46. The Balaban J connectivity index is 0.00000481. The molecule has 3 rings (SSSR count).